The molecule has 0 radical (unpaired) electrons. The fraction of sp³-hybridized carbons (Fsp3) is 0.250. The molecule has 0 aliphatic carbocycles. The average molecular weight is 336 g/mol. The van der Waals surface area contributed by atoms with Gasteiger partial charge in [-0.1, -0.05) is 36.4 Å². The number of carboxylic acid groups (broad SMARTS) is 1. The predicted molar refractivity (Wildman–Crippen MR) is 96.0 cm³/mol. The molecule has 25 heavy (non-hydrogen) atoms. The number of ether oxygens (including phenoxy) is 1. The topological polar surface area (TPSA) is 65.6 Å². The molecular weight excluding hydrogens is 316 g/mol. The van der Waals surface area contributed by atoms with Crippen molar-refractivity contribution in [2.75, 3.05) is 13.1 Å². The van der Waals surface area contributed by atoms with E-state index in [1.165, 1.54) is 4.90 Å². The Labute approximate surface area is 145 Å². The summed E-state index contributed by atoms with van der Waals surface area (Å²) in [4.78, 5) is 16.0. The van der Waals surface area contributed by atoms with Gasteiger partial charge in [0.15, 0.2) is 0 Å². The first-order valence-electron chi connectivity index (χ1n) is 8.47. The van der Waals surface area contributed by atoms with Gasteiger partial charge in [-0.2, -0.15) is 0 Å². The van der Waals surface area contributed by atoms with E-state index >= 15 is 0 Å². The van der Waals surface area contributed by atoms with Crippen LogP contribution in [-0.4, -0.2) is 34.2 Å². The van der Waals surface area contributed by atoms with Gasteiger partial charge in [0.1, 0.15) is 12.4 Å². The van der Waals surface area contributed by atoms with Gasteiger partial charge in [-0.3, -0.25) is 0 Å². The number of amides is 1. The molecule has 1 aliphatic heterocycles. The average Bonchev–Trinajstić information content (AvgIpc) is 3.27. The quantitative estimate of drug-likeness (QED) is 0.750. The number of rotatable bonds is 4. The van der Waals surface area contributed by atoms with Gasteiger partial charge in [-0.05, 0) is 29.7 Å². The molecule has 5 nitrogen and oxygen atoms in total. The van der Waals surface area contributed by atoms with E-state index in [1.54, 1.807) is 0 Å². The SMILES string of the molecule is O=C(O)N1CCC(c2c[nH]c3cccc(OCc4ccccc4)c23)C1. The maximum Gasteiger partial charge on any atom is 0.407 e. The number of hydrogen-bond donors (Lipinski definition) is 2. The van der Waals surface area contributed by atoms with E-state index in [0.717, 1.165) is 34.2 Å². The lowest BCUT2D eigenvalue weighted by Crippen LogP contribution is -2.26. The number of hydrogen-bond acceptors (Lipinski definition) is 2. The first-order valence-corrected chi connectivity index (χ1v) is 8.47. The number of nitrogens with one attached hydrogen (secondary N) is 1. The molecule has 1 amide bonds. The minimum Gasteiger partial charge on any atom is -0.488 e. The van der Waals surface area contributed by atoms with E-state index < -0.39 is 6.09 Å². The number of benzene rings is 2. The van der Waals surface area contributed by atoms with Crippen LogP contribution in [0.25, 0.3) is 10.9 Å². The Bertz CT molecular complexity index is 888. The molecule has 1 unspecified atom stereocenters. The van der Waals surface area contributed by atoms with Crippen LogP contribution in [0.2, 0.25) is 0 Å². The van der Waals surface area contributed by atoms with Crippen LogP contribution in [0, 0.1) is 0 Å². The third-order valence-corrected chi connectivity index (χ3v) is 4.83. The fourth-order valence-corrected chi connectivity index (χ4v) is 3.54. The Kier molecular flexibility index (Phi) is 4.06. The Morgan fingerprint density at radius 1 is 1.20 bits per heavy atom. The van der Waals surface area contributed by atoms with Crippen LogP contribution in [0.1, 0.15) is 23.5 Å². The Balaban J connectivity index is 1.62. The van der Waals surface area contributed by atoms with Crippen molar-refractivity contribution >= 4 is 17.0 Å². The number of fused-ring (bicyclic) bond motifs is 1. The highest BCUT2D eigenvalue weighted by Gasteiger charge is 2.29. The molecule has 0 saturated carbocycles. The van der Waals surface area contributed by atoms with E-state index in [9.17, 15) is 9.90 Å². The summed E-state index contributed by atoms with van der Waals surface area (Å²) in [5.74, 6) is 1.04. The van der Waals surface area contributed by atoms with Gasteiger partial charge in [0.25, 0.3) is 0 Å². The summed E-state index contributed by atoms with van der Waals surface area (Å²) in [6, 6.07) is 16.0. The van der Waals surface area contributed by atoms with Crippen molar-refractivity contribution in [3.8, 4) is 5.75 Å². The molecule has 4 rings (SSSR count). The Morgan fingerprint density at radius 2 is 2.04 bits per heavy atom. The van der Waals surface area contributed by atoms with Gasteiger partial charge < -0.3 is 19.7 Å². The minimum absolute atomic E-state index is 0.200. The summed E-state index contributed by atoms with van der Waals surface area (Å²) in [5.41, 5.74) is 3.28. The Hall–Kier alpha value is -2.95. The first kappa shape index (κ1) is 15.6. The van der Waals surface area contributed by atoms with Gasteiger partial charge >= 0.3 is 6.09 Å². The number of carbonyl (C=O) groups is 1. The molecule has 1 saturated heterocycles. The molecule has 0 bridgehead atoms. The first-order chi connectivity index (χ1) is 12.2. The van der Waals surface area contributed by atoms with Crippen molar-refractivity contribution in [3.05, 3.63) is 65.9 Å². The van der Waals surface area contributed by atoms with Gasteiger partial charge in [-0.15, -0.1) is 0 Å². The van der Waals surface area contributed by atoms with E-state index in [1.807, 2.05) is 54.7 Å². The second-order valence-electron chi connectivity index (χ2n) is 6.41. The van der Waals surface area contributed by atoms with E-state index in [-0.39, 0.29) is 5.92 Å². The van der Waals surface area contributed by atoms with Crippen molar-refractivity contribution in [1.29, 1.82) is 0 Å². The lowest BCUT2D eigenvalue weighted by Gasteiger charge is -2.14. The van der Waals surface area contributed by atoms with Crippen LogP contribution in [0.4, 0.5) is 4.79 Å². The van der Waals surface area contributed by atoms with Crippen molar-refractivity contribution in [2.24, 2.45) is 0 Å². The van der Waals surface area contributed by atoms with Crippen molar-refractivity contribution in [1.82, 2.24) is 9.88 Å². The smallest absolute Gasteiger partial charge is 0.407 e. The van der Waals surface area contributed by atoms with Crippen LogP contribution in [0.5, 0.6) is 5.75 Å². The fourth-order valence-electron chi connectivity index (χ4n) is 3.54. The third kappa shape index (κ3) is 3.05. The predicted octanol–water partition coefficient (Wildman–Crippen LogP) is 4.21. The molecule has 1 aromatic heterocycles. The molecule has 5 heteroatoms. The highest BCUT2D eigenvalue weighted by atomic mass is 16.5. The number of likely N-dealkylation sites (tertiary alicyclic amines) is 1. The van der Waals surface area contributed by atoms with E-state index in [0.29, 0.717) is 19.7 Å². The van der Waals surface area contributed by atoms with Crippen molar-refractivity contribution < 1.29 is 14.6 Å². The summed E-state index contributed by atoms with van der Waals surface area (Å²) in [6.45, 7) is 1.63. The maximum atomic E-state index is 11.2. The molecule has 2 heterocycles. The zero-order chi connectivity index (χ0) is 17.2. The summed E-state index contributed by atoms with van der Waals surface area (Å²) < 4.78 is 6.09. The Morgan fingerprint density at radius 3 is 2.80 bits per heavy atom. The highest BCUT2D eigenvalue weighted by Crippen LogP contribution is 2.37. The molecule has 128 valence electrons. The summed E-state index contributed by atoms with van der Waals surface area (Å²) in [6.07, 6.45) is 1.99. The van der Waals surface area contributed by atoms with Gasteiger partial charge in [-0.25, -0.2) is 4.79 Å². The largest absolute Gasteiger partial charge is 0.488 e. The standard InChI is InChI=1S/C20H20N2O3/c23-20(24)22-10-9-15(12-22)16-11-21-17-7-4-8-18(19(16)17)25-13-14-5-2-1-3-6-14/h1-8,11,15,21H,9-10,12-13H2,(H,23,24). The van der Waals surface area contributed by atoms with Crippen molar-refractivity contribution in [2.45, 2.75) is 18.9 Å². The van der Waals surface area contributed by atoms with Crippen molar-refractivity contribution in [3.63, 3.8) is 0 Å². The van der Waals surface area contributed by atoms with Crippen LogP contribution >= 0.6 is 0 Å². The van der Waals surface area contributed by atoms with E-state index in [4.69, 9.17) is 4.74 Å². The molecule has 1 fully saturated rings. The minimum atomic E-state index is -0.845. The molecule has 1 atom stereocenters. The summed E-state index contributed by atoms with van der Waals surface area (Å²) in [5, 5.41) is 10.3. The molecule has 2 aromatic carbocycles. The molecule has 1 aliphatic rings. The zero-order valence-electron chi connectivity index (χ0n) is 13.8. The second kappa shape index (κ2) is 6.51. The maximum absolute atomic E-state index is 11.2. The monoisotopic (exact) mass is 336 g/mol. The molecule has 2 N–H and O–H groups in total. The molecular formula is C20H20N2O3. The lowest BCUT2D eigenvalue weighted by molar-refractivity contribution is 0.155. The van der Waals surface area contributed by atoms with Crippen LogP contribution < -0.4 is 4.74 Å². The highest BCUT2D eigenvalue weighted by molar-refractivity contribution is 5.90. The lowest BCUT2D eigenvalue weighted by atomic mass is 9.97. The second-order valence-corrected chi connectivity index (χ2v) is 6.41. The molecule has 3 aromatic rings. The van der Waals surface area contributed by atoms with Gasteiger partial charge in [0.2, 0.25) is 0 Å². The molecule has 0 spiro atoms. The van der Waals surface area contributed by atoms with Crippen LogP contribution in [0.15, 0.2) is 54.7 Å². The van der Waals surface area contributed by atoms with E-state index in [2.05, 4.69) is 4.98 Å². The number of aromatic nitrogens is 1. The van der Waals surface area contributed by atoms with Gasteiger partial charge in [0.05, 0.1) is 0 Å². The number of nitrogens with zero attached hydrogens (tertiary/aromatic N) is 1. The van der Waals surface area contributed by atoms with Crippen LogP contribution in [-0.2, 0) is 6.61 Å². The number of aromatic amines is 1. The normalized spacial score (nSPS) is 17.1. The summed E-state index contributed by atoms with van der Waals surface area (Å²) >= 11 is 0. The summed E-state index contributed by atoms with van der Waals surface area (Å²) in [7, 11) is 0. The van der Waals surface area contributed by atoms with Crippen LogP contribution in [0.3, 0.4) is 0 Å². The number of H-pyrrole nitrogens is 1. The van der Waals surface area contributed by atoms with Gasteiger partial charge in [0, 0.05) is 36.1 Å². The zero-order valence-corrected chi connectivity index (χ0v) is 13.8. The third-order valence-electron chi connectivity index (χ3n) is 4.83.